The van der Waals surface area contributed by atoms with Gasteiger partial charge in [-0.1, -0.05) is 45.4 Å². The summed E-state index contributed by atoms with van der Waals surface area (Å²) < 4.78 is 0. The van der Waals surface area contributed by atoms with Gasteiger partial charge in [-0.05, 0) is 6.42 Å². The summed E-state index contributed by atoms with van der Waals surface area (Å²) in [7, 11) is 0. The maximum atomic E-state index is 8.70. The van der Waals surface area contributed by atoms with Crippen molar-refractivity contribution in [2.75, 3.05) is 0 Å². The van der Waals surface area contributed by atoms with Gasteiger partial charge in [0.1, 0.15) is 0 Å². The Bertz CT molecular complexity index is 197. The van der Waals surface area contributed by atoms with Crippen molar-refractivity contribution < 1.29 is 0 Å². The van der Waals surface area contributed by atoms with Crippen LogP contribution in [0.4, 0.5) is 0 Å². The first-order valence-electron chi connectivity index (χ1n) is 5.61. The van der Waals surface area contributed by atoms with Gasteiger partial charge >= 0.3 is 0 Å². The molecule has 0 amide bonds. The van der Waals surface area contributed by atoms with E-state index in [2.05, 4.69) is 19.1 Å². The van der Waals surface area contributed by atoms with E-state index in [0.717, 1.165) is 12.8 Å². The van der Waals surface area contributed by atoms with Crippen molar-refractivity contribution in [3.8, 4) is 12.1 Å². The van der Waals surface area contributed by atoms with Crippen molar-refractivity contribution in [3.05, 3.63) is 0 Å². The lowest BCUT2D eigenvalue weighted by molar-refractivity contribution is 0.531. The summed E-state index contributed by atoms with van der Waals surface area (Å²) in [4.78, 5) is 0. The highest BCUT2D eigenvalue weighted by Gasteiger charge is 2.05. The Kier molecular flexibility index (Phi) is 9.33. The molecule has 0 aliphatic carbocycles. The monoisotopic (exact) mass is 192 g/mol. The van der Waals surface area contributed by atoms with Gasteiger partial charge in [-0.2, -0.15) is 10.5 Å². The molecule has 1 unspecified atom stereocenters. The molecule has 0 spiro atoms. The second-order valence-corrected chi connectivity index (χ2v) is 3.74. The lowest BCUT2D eigenvalue weighted by Crippen LogP contribution is -1.95. The van der Waals surface area contributed by atoms with Crippen LogP contribution in [0.2, 0.25) is 0 Å². The summed E-state index contributed by atoms with van der Waals surface area (Å²) in [5, 5.41) is 17.1. The lowest BCUT2D eigenvalue weighted by Gasteiger charge is -2.03. The Hall–Kier alpha value is -1.02. The van der Waals surface area contributed by atoms with Crippen LogP contribution in [0.25, 0.3) is 0 Å². The number of nitrogens with zero attached hydrogens (tertiary/aromatic N) is 2. The molecule has 0 radical (unpaired) electrons. The Morgan fingerprint density at radius 1 is 1.00 bits per heavy atom. The molecule has 0 aromatic carbocycles. The summed E-state index contributed by atoms with van der Waals surface area (Å²) >= 11 is 0. The van der Waals surface area contributed by atoms with Crippen LogP contribution >= 0.6 is 0 Å². The Labute approximate surface area is 87.5 Å². The van der Waals surface area contributed by atoms with Gasteiger partial charge in [-0.3, -0.25) is 0 Å². The second-order valence-electron chi connectivity index (χ2n) is 3.74. The highest BCUT2D eigenvalue weighted by molar-refractivity contribution is 4.89. The Morgan fingerprint density at radius 3 is 2.21 bits per heavy atom. The molecule has 0 aliphatic heterocycles. The number of hydrogen-bond donors (Lipinski definition) is 0. The molecule has 78 valence electrons. The summed E-state index contributed by atoms with van der Waals surface area (Å²) in [6.07, 6.45) is 8.79. The predicted molar refractivity (Wildman–Crippen MR) is 57.3 cm³/mol. The topological polar surface area (TPSA) is 47.6 Å². The first-order chi connectivity index (χ1) is 6.85. The van der Waals surface area contributed by atoms with Gasteiger partial charge in [0, 0.05) is 0 Å². The van der Waals surface area contributed by atoms with Gasteiger partial charge in [-0.15, -0.1) is 0 Å². The quantitative estimate of drug-likeness (QED) is 0.549. The van der Waals surface area contributed by atoms with Crippen LogP contribution in [0.3, 0.4) is 0 Å². The molecule has 0 bridgehead atoms. The molecule has 0 fully saturated rings. The first-order valence-corrected chi connectivity index (χ1v) is 5.61. The van der Waals surface area contributed by atoms with Crippen molar-refractivity contribution in [3.63, 3.8) is 0 Å². The number of hydrogen-bond acceptors (Lipinski definition) is 2. The van der Waals surface area contributed by atoms with Gasteiger partial charge in [-0.25, -0.2) is 0 Å². The van der Waals surface area contributed by atoms with E-state index in [1.807, 2.05) is 0 Å². The van der Waals surface area contributed by atoms with Gasteiger partial charge in [0.25, 0.3) is 0 Å². The van der Waals surface area contributed by atoms with E-state index >= 15 is 0 Å². The SMILES string of the molecule is CCCCCCCCC(C#N)CC#N. The number of unbranched alkanes of at least 4 members (excludes halogenated alkanes) is 5. The molecule has 0 aliphatic rings. The predicted octanol–water partition coefficient (Wildman–Crippen LogP) is 3.79. The number of nitriles is 2. The molecule has 0 saturated heterocycles. The van der Waals surface area contributed by atoms with Crippen LogP contribution in [0.15, 0.2) is 0 Å². The lowest BCUT2D eigenvalue weighted by atomic mass is 9.99. The van der Waals surface area contributed by atoms with E-state index in [9.17, 15) is 0 Å². The van der Waals surface area contributed by atoms with E-state index in [0.29, 0.717) is 6.42 Å². The molecule has 2 nitrogen and oxygen atoms in total. The zero-order valence-corrected chi connectivity index (χ0v) is 9.13. The Balaban J connectivity index is 3.26. The zero-order chi connectivity index (χ0) is 10.6. The van der Waals surface area contributed by atoms with Crippen molar-refractivity contribution in [1.29, 1.82) is 10.5 Å². The molecule has 0 heterocycles. The average molecular weight is 192 g/mol. The van der Waals surface area contributed by atoms with Crippen molar-refractivity contribution in [1.82, 2.24) is 0 Å². The zero-order valence-electron chi connectivity index (χ0n) is 9.13. The molecular weight excluding hydrogens is 172 g/mol. The fourth-order valence-corrected chi connectivity index (χ4v) is 1.49. The van der Waals surface area contributed by atoms with Crippen LogP contribution in [0.5, 0.6) is 0 Å². The standard InChI is InChI=1S/C12H20N2/c1-2-3-4-5-6-7-8-12(11-14)9-10-13/h12H,2-9H2,1H3. The van der Waals surface area contributed by atoms with E-state index in [4.69, 9.17) is 10.5 Å². The van der Waals surface area contributed by atoms with Crippen molar-refractivity contribution >= 4 is 0 Å². The maximum Gasteiger partial charge on any atom is 0.0666 e. The maximum absolute atomic E-state index is 8.70. The molecule has 0 rings (SSSR count). The summed E-state index contributed by atoms with van der Waals surface area (Å²) in [6, 6.07) is 4.24. The smallest absolute Gasteiger partial charge is 0.0666 e. The molecule has 1 atom stereocenters. The van der Waals surface area contributed by atoms with Gasteiger partial charge < -0.3 is 0 Å². The minimum absolute atomic E-state index is 0.0359. The fourth-order valence-electron chi connectivity index (χ4n) is 1.49. The molecule has 2 heteroatoms. The molecular formula is C12H20N2. The van der Waals surface area contributed by atoms with Gasteiger partial charge in [0.15, 0.2) is 0 Å². The average Bonchev–Trinajstić information content (AvgIpc) is 2.21. The van der Waals surface area contributed by atoms with Crippen LogP contribution in [0, 0.1) is 28.6 Å². The van der Waals surface area contributed by atoms with E-state index < -0.39 is 0 Å². The van der Waals surface area contributed by atoms with E-state index in [-0.39, 0.29) is 5.92 Å². The Morgan fingerprint density at radius 2 is 1.64 bits per heavy atom. The molecule has 0 saturated carbocycles. The van der Waals surface area contributed by atoms with E-state index in [1.165, 1.54) is 32.1 Å². The normalized spacial score (nSPS) is 11.6. The third kappa shape index (κ3) is 7.62. The largest absolute Gasteiger partial charge is 0.198 e. The highest BCUT2D eigenvalue weighted by Crippen LogP contribution is 2.13. The third-order valence-electron chi connectivity index (χ3n) is 2.43. The number of rotatable bonds is 8. The second kappa shape index (κ2) is 10.1. The van der Waals surface area contributed by atoms with E-state index in [1.54, 1.807) is 0 Å². The fraction of sp³-hybridized carbons (Fsp3) is 0.833. The van der Waals surface area contributed by atoms with Crippen LogP contribution in [0.1, 0.15) is 58.3 Å². The summed E-state index contributed by atoms with van der Waals surface area (Å²) in [6.45, 7) is 2.21. The first kappa shape index (κ1) is 13.0. The minimum atomic E-state index is -0.0359. The molecule has 0 aromatic rings. The van der Waals surface area contributed by atoms with Gasteiger partial charge in [0.05, 0.1) is 24.5 Å². The highest BCUT2D eigenvalue weighted by atomic mass is 14.3. The van der Waals surface area contributed by atoms with Crippen LogP contribution in [-0.2, 0) is 0 Å². The van der Waals surface area contributed by atoms with Crippen molar-refractivity contribution in [2.24, 2.45) is 5.92 Å². The molecule has 0 aromatic heterocycles. The van der Waals surface area contributed by atoms with Crippen molar-refractivity contribution in [2.45, 2.75) is 58.3 Å². The summed E-state index contributed by atoms with van der Waals surface area (Å²) in [5.74, 6) is -0.0359. The molecule has 0 N–H and O–H groups in total. The molecule has 14 heavy (non-hydrogen) atoms. The minimum Gasteiger partial charge on any atom is -0.198 e. The third-order valence-corrected chi connectivity index (χ3v) is 2.43. The van der Waals surface area contributed by atoms with Gasteiger partial charge in [0.2, 0.25) is 0 Å². The van der Waals surface area contributed by atoms with Crippen LogP contribution < -0.4 is 0 Å². The summed E-state index contributed by atoms with van der Waals surface area (Å²) in [5.41, 5.74) is 0. The van der Waals surface area contributed by atoms with Crippen LogP contribution in [-0.4, -0.2) is 0 Å².